The van der Waals surface area contributed by atoms with E-state index in [1.165, 1.54) is 36.4 Å². The molecule has 2 rings (SSSR count). The van der Waals surface area contributed by atoms with Gasteiger partial charge in [-0.2, -0.15) is 0 Å². The molecule has 0 saturated heterocycles. The fraction of sp³-hybridized carbons (Fsp3) is 0. The van der Waals surface area contributed by atoms with E-state index in [0.29, 0.717) is 0 Å². The number of aromatic carboxylic acids is 4. The first-order valence-corrected chi connectivity index (χ1v) is 6.09. The van der Waals surface area contributed by atoms with Gasteiger partial charge >= 0.3 is 40.9 Å². The van der Waals surface area contributed by atoms with E-state index in [2.05, 4.69) is 9.97 Å². The fourth-order valence-corrected chi connectivity index (χ4v) is 1.35. The number of nitrogens with zero attached hydrogens (tertiary/aromatic N) is 2. The molecule has 0 amide bonds. The van der Waals surface area contributed by atoms with Crippen LogP contribution in [0.3, 0.4) is 0 Å². The average Bonchev–Trinajstić information content (AvgIpc) is 2.55. The van der Waals surface area contributed by atoms with E-state index in [0.717, 1.165) is 0 Å². The van der Waals surface area contributed by atoms with Crippen molar-refractivity contribution in [1.29, 1.82) is 0 Å². The molecule has 11 heteroatoms. The SMILES string of the molecule is O=C(O)c1cccc(C(=O)O)n1.O=C(O)c1cccc(C(=O)O)n1.[Mn+3]. The summed E-state index contributed by atoms with van der Waals surface area (Å²) < 4.78 is 0. The number of hydrogen-bond donors (Lipinski definition) is 4. The molecule has 10 nitrogen and oxygen atoms in total. The van der Waals surface area contributed by atoms with Crippen molar-refractivity contribution < 1.29 is 56.7 Å². The van der Waals surface area contributed by atoms with E-state index >= 15 is 0 Å². The Morgan fingerprint density at radius 2 is 0.760 bits per heavy atom. The molecule has 128 valence electrons. The van der Waals surface area contributed by atoms with Gasteiger partial charge < -0.3 is 20.4 Å². The van der Waals surface area contributed by atoms with Gasteiger partial charge in [0, 0.05) is 0 Å². The summed E-state index contributed by atoms with van der Waals surface area (Å²) in [5, 5.41) is 33.7. The molecule has 0 aliphatic rings. The van der Waals surface area contributed by atoms with Crippen LogP contribution in [-0.2, 0) is 17.1 Å². The van der Waals surface area contributed by atoms with Crippen LogP contribution in [0.15, 0.2) is 36.4 Å². The molecule has 0 spiro atoms. The molecule has 0 aliphatic carbocycles. The Balaban J connectivity index is 0.000000443. The molecule has 0 aliphatic heterocycles. The van der Waals surface area contributed by atoms with E-state index in [1.54, 1.807) is 0 Å². The predicted molar refractivity (Wildman–Crippen MR) is 76.3 cm³/mol. The molecular formula is C14H10MnN2O8+3. The van der Waals surface area contributed by atoms with Crippen LogP contribution in [0.2, 0.25) is 0 Å². The van der Waals surface area contributed by atoms with Crippen molar-refractivity contribution in [1.82, 2.24) is 9.97 Å². The number of carboxylic acid groups (broad SMARTS) is 4. The first-order valence-electron chi connectivity index (χ1n) is 6.09. The number of pyridine rings is 2. The molecule has 2 heterocycles. The Morgan fingerprint density at radius 1 is 0.560 bits per heavy atom. The van der Waals surface area contributed by atoms with Crippen molar-refractivity contribution in [3.05, 3.63) is 59.2 Å². The van der Waals surface area contributed by atoms with Crippen LogP contribution in [0.25, 0.3) is 0 Å². The van der Waals surface area contributed by atoms with Crippen LogP contribution in [0.1, 0.15) is 42.0 Å². The van der Waals surface area contributed by atoms with E-state index in [9.17, 15) is 19.2 Å². The number of hydrogen-bond acceptors (Lipinski definition) is 6. The quantitative estimate of drug-likeness (QED) is 0.551. The van der Waals surface area contributed by atoms with E-state index in [1.807, 2.05) is 0 Å². The van der Waals surface area contributed by atoms with Gasteiger partial charge in [0.1, 0.15) is 22.8 Å². The Morgan fingerprint density at radius 3 is 0.920 bits per heavy atom. The largest absolute Gasteiger partial charge is 3.00 e. The summed E-state index contributed by atoms with van der Waals surface area (Å²) in [5.74, 6) is -4.95. The van der Waals surface area contributed by atoms with Gasteiger partial charge in [-0.05, 0) is 24.3 Å². The molecule has 0 unspecified atom stereocenters. The smallest absolute Gasteiger partial charge is 0.477 e. The maximum absolute atomic E-state index is 10.3. The van der Waals surface area contributed by atoms with Crippen molar-refractivity contribution in [2.75, 3.05) is 0 Å². The molecule has 0 radical (unpaired) electrons. The fourth-order valence-electron chi connectivity index (χ4n) is 1.35. The summed E-state index contributed by atoms with van der Waals surface area (Å²) in [4.78, 5) is 48.0. The summed E-state index contributed by atoms with van der Waals surface area (Å²) in [6.45, 7) is 0. The van der Waals surface area contributed by atoms with Gasteiger partial charge in [0.05, 0.1) is 0 Å². The monoisotopic (exact) mass is 389 g/mol. The molecule has 2 aromatic heterocycles. The second-order valence-electron chi connectivity index (χ2n) is 4.04. The van der Waals surface area contributed by atoms with Gasteiger partial charge in [-0.25, -0.2) is 29.1 Å². The summed E-state index contributed by atoms with van der Waals surface area (Å²) in [7, 11) is 0. The maximum atomic E-state index is 10.3. The average molecular weight is 389 g/mol. The zero-order chi connectivity index (χ0) is 18.3. The summed E-state index contributed by atoms with van der Waals surface area (Å²) >= 11 is 0. The molecular weight excluding hydrogens is 379 g/mol. The van der Waals surface area contributed by atoms with Gasteiger partial charge in [0.15, 0.2) is 0 Å². The van der Waals surface area contributed by atoms with Crippen molar-refractivity contribution in [3.63, 3.8) is 0 Å². The van der Waals surface area contributed by atoms with Gasteiger partial charge in [0.2, 0.25) is 0 Å². The van der Waals surface area contributed by atoms with E-state index in [4.69, 9.17) is 20.4 Å². The molecule has 0 fully saturated rings. The third kappa shape index (κ3) is 6.77. The normalized spacial score (nSPS) is 8.96. The Hall–Kier alpha value is -3.30. The molecule has 2 aromatic rings. The maximum Gasteiger partial charge on any atom is 3.00 e. The minimum Gasteiger partial charge on any atom is -0.477 e. The summed E-state index contributed by atoms with van der Waals surface area (Å²) in [6.07, 6.45) is 0. The van der Waals surface area contributed by atoms with Crippen LogP contribution < -0.4 is 0 Å². The van der Waals surface area contributed by atoms with Crippen molar-refractivity contribution in [2.45, 2.75) is 0 Å². The second-order valence-corrected chi connectivity index (χ2v) is 4.04. The number of aromatic nitrogens is 2. The summed E-state index contributed by atoms with van der Waals surface area (Å²) in [5.41, 5.74) is -1.07. The predicted octanol–water partition coefficient (Wildman–Crippen LogP) is 0.954. The molecule has 4 N–H and O–H groups in total. The van der Waals surface area contributed by atoms with Gasteiger partial charge in [-0.1, -0.05) is 12.1 Å². The van der Waals surface area contributed by atoms with Gasteiger partial charge in [0.25, 0.3) is 0 Å². The third-order valence-corrected chi connectivity index (χ3v) is 2.37. The Labute approximate surface area is 150 Å². The Kier molecular flexibility index (Phi) is 8.47. The summed E-state index contributed by atoms with van der Waals surface area (Å²) in [6, 6.07) is 7.59. The topological polar surface area (TPSA) is 175 Å². The van der Waals surface area contributed by atoms with Gasteiger partial charge in [-0.3, -0.25) is 0 Å². The van der Waals surface area contributed by atoms with Crippen LogP contribution in [0.5, 0.6) is 0 Å². The van der Waals surface area contributed by atoms with Crippen molar-refractivity contribution >= 4 is 23.9 Å². The molecule has 0 bridgehead atoms. The molecule has 0 atom stereocenters. The third-order valence-electron chi connectivity index (χ3n) is 2.37. The molecule has 25 heavy (non-hydrogen) atoms. The minimum absolute atomic E-state index is 0. The van der Waals surface area contributed by atoms with Crippen LogP contribution in [0, 0.1) is 0 Å². The number of carboxylic acids is 4. The first-order chi connectivity index (χ1) is 11.2. The van der Waals surface area contributed by atoms with Crippen LogP contribution in [-0.4, -0.2) is 54.3 Å². The van der Waals surface area contributed by atoms with Crippen LogP contribution in [0.4, 0.5) is 0 Å². The zero-order valence-corrected chi connectivity index (χ0v) is 13.3. The van der Waals surface area contributed by atoms with E-state index in [-0.39, 0.29) is 39.8 Å². The number of rotatable bonds is 4. The molecule has 0 aromatic carbocycles. The van der Waals surface area contributed by atoms with Gasteiger partial charge in [-0.15, -0.1) is 0 Å². The van der Waals surface area contributed by atoms with Crippen LogP contribution >= 0.6 is 0 Å². The minimum atomic E-state index is -1.24. The van der Waals surface area contributed by atoms with E-state index < -0.39 is 23.9 Å². The van der Waals surface area contributed by atoms with Crippen molar-refractivity contribution in [3.8, 4) is 0 Å². The second kappa shape index (κ2) is 9.75. The zero-order valence-electron chi connectivity index (χ0n) is 12.2. The standard InChI is InChI=1S/2C7H5NO4.Mn/c2*9-6(10)4-2-1-3-5(8-4)7(11)12;/h2*1-3H,(H,9,10)(H,11,12);/q;;+3. The Bertz CT molecular complexity index is 683. The molecule has 0 saturated carbocycles. The van der Waals surface area contributed by atoms with Crippen molar-refractivity contribution in [2.24, 2.45) is 0 Å². The number of carbonyl (C=O) groups is 4. The first kappa shape index (κ1) is 21.7.